The summed E-state index contributed by atoms with van der Waals surface area (Å²) in [5.41, 5.74) is 11.9. The molecule has 5 heteroatoms. The van der Waals surface area contributed by atoms with Crippen LogP contribution in [0.3, 0.4) is 0 Å². The van der Waals surface area contributed by atoms with Gasteiger partial charge in [-0.2, -0.15) is 0 Å². The van der Waals surface area contributed by atoms with E-state index in [9.17, 15) is 8.78 Å². The van der Waals surface area contributed by atoms with Crippen molar-refractivity contribution in [2.45, 2.75) is 0 Å². The number of anilines is 2. The summed E-state index contributed by atoms with van der Waals surface area (Å²) in [7, 11) is 0. The highest BCUT2D eigenvalue weighted by atomic mass is 35.5. The minimum absolute atomic E-state index is 0. The quantitative estimate of drug-likeness (QED) is 0.770. The van der Waals surface area contributed by atoms with E-state index in [2.05, 4.69) is 0 Å². The fraction of sp³-hybridized carbons (Fsp3) is 0. The standard InChI is InChI=1S/C12H10F2N2.ClH/c13-11-9(5-6-10(16)12(11)14)7-1-3-8(15)4-2-7;/h1-6H,15-16H2;1H. The van der Waals surface area contributed by atoms with Gasteiger partial charge >= 0.3 is 0 Å². The molecule has 0 fully saturated rings. The monoisotopic (exact) mass is 256 g/mol. The number of rotatable bonds is 1. The van der Waals surface area contributed by atoms with Crippen LogP contribution in [0.1, 0.15) is 0 Å². The Bertz CT molecular complexity index is 527. The van der Waals surface area contributed by atoms with Crippen LogP contribution in [0.5, 0.6) is 0 Å². The molecule has 2 aromatic rings. The Balaban J connectivity index is 0.00000144. The average Bonchev–Trinajstić information content (AvgIpc) is 2.28. The molecule has 0 amide bonds. The van der Waals surface area contributed by atoms with Crippen LogP contribution in [0.25, 0.3) is 11.1 Å². The van der Waals surface area contributed by atoms with Crippen LogP contribution < -0.4 is 11.5 Å². The van der Waals surface area contributed by atoms with Crippen molar-refractivity contribution in [3.05, 3.63) is 48.0 Å². The minimum atomic E-state index is -1.02. The predicted molar refractivity (Wildman–Crippen MR) is 67.9 cm³/mol. The molecule has 0 atom stereocenters. The maximum absolute atomic E-state index is 13.6. The summed E-state index contributed by atoms with van der Waals surface area (Å²) in [6.07, 6.45) is 0. The first kappa shape index (κ1) is 13.3. The zero-order valence-corrected chi connectivity index (χ0v) is 9.60. The second kappa shape index (κ2) is 5.01. The highest BCUT2D eigenvalue weighted by Gasteiger charge is 2.12. The van der Waals surface area contributed by atoms with E-state index in [1.54, 1.807) is 24.3 Å². The maximum atomic E-state index is 13.6. The van der Waals surface area contributed by atoms with Gasteiger partial charge in [0.15, 0.2) is 11.6 Å². The molecule has 0 bridgehead atoms. The molecule has 0 aromatic heterocycles. The van der Waals surface area contributed by atoms with Gasteiger partial charge in [0.1, 0.15) is 0 Å². The van der Waals surface area contributed by atoms with Gasteiger partial charge in [-0.1, -0.05) is 12.1 Å². The third-order valence-corrected chi connectivity index (χ3v) is 2.33. The van der Waals surface area contributed by atoms with Crippen LogP contribution in [0.2, 0.25) is 0 Å². The molecule has 0 radical (unpaired) electrons. The van der Waals surface area contributed by atoms with E-state index < -0.39 is 11.6 Å². The summed E-state index contributed by atoms with van der Waals surface area (Å²) in [6, 6.07) is 9.29. The highest BCUT2D eigenvalue weighted by molar-refractivity contribution is 5.85. The van der Waals surface area contributed by atoms with E-state index in [1.807, 2.05) is 0 Å². The number of hydrogen-bond acceptors (Lipinski definition) is 2. The van der Waals surface area contributed by atoms with Gasteiger partial charge in [-0.25, -0.2) is 8.78 Å². The Morgan fingerprint density at radius 3 is 1.94 bits per heavy atom. The molecule has 0 aliphatic carbocycles. The van der Waals surface area contributed by atoms with Crippen molar-refractivity contribution < 1.29 is 8.78 Å². The summed E-state index contributed by atoms with van der Waals surface area (Å²) < 4.78 is 26.8. The molecule has 4 N–H and O–H groups in total. The van der Waals surface area contributed by atoms with Gasteiger partial charge in [0.2, 0.25) is 0 Å². The fourth-order valence-corrected chi connectivity index (χ4v) is 1.45. The average molecular weight is 257 g/mol. The van der Waals surface area contributed by atoms with E-state index in [-0.39, 0.29) is 23.7 Å². The van der Waals surface area contributed by atoms with Crippen molar-refractivity contribution in [3.63, 3.8) is 0 Å². The van der Waals surface area contributed by atoms with Crippen LogP contribution in [0.15, 0.2) is 36.4 Å². The molecule has 17 heavy (non-hydrogen) atoms. The lowest BCUT2D eigenvalue weighted by Gasteiger charge is -2.06. The lowest BCUT2D eigenvalue weighted by molar-refractivity contribution is 0.514. The van der Waals surface area contributed by atoms with Crippen LogP contribution in [-0.4, -0.2) is 0 Å². The number of nitrogens with two attached hydrogens (primary N) is 2. The lowest BCUT2D eigenvalue weighted by Crippen LogP contribution is -1.96. The molecule has 0 aliphatic heterocycles. The van der Waals surface area contributed by atoms with Crippen LogP contribution >= 0.6 is 12.4 Å². The highest BCUT2D eigenvalue weighted by Crippen LogP contribution is 2.27. The van der Waals surface area contributed by atoms with E-state index in [0.29, 0.717) is 11.3 Å². The van der Waals surface area contributed by atoms with Crippen LogP contribution in [-0.2, 0) is 0 Å². The van der Waals surface area contributed by atoms with Gasteiger partial charge in [-0.15, -0.1) is 12.4 Å². The molecule has 0 unspecified atom stereocenters. The summed E-state index contributed by atoms with van der Waals surface area (Å²) in [6.45, 7) is 0. The summed E-state index contributed by atoms with van der Waals surface area (Å²) >= 11 is 0. The first-order chi connectivity index (χ1) is 7.59. The SMILES string of the molecule is Cl.Nc1ccc(-c2ccc(N)c(F)c2F)cc1. The molecule has 0 saturated carbocycles. The molecule has 0 spiro atoms. The van der Waals surface area contributed by atoms with Gasteiger partial charge in [0.05, 0.1) is 5.69 Å². The molecule has 90 valence electrons. The van der Waals surface area contributed by atoms with Crippen LogP contribution in [0, 0.1) is 11.6 Å². The van der Waals surface area contributed by atoms with E-state index in [1.165, 1.54) is 12.1 Å². The van der Waals surface area contributed by atoms with Crippen molar-refractivity contribution in [1.82, 2.24) is 0 Å². The first-order valence-electron chi connectivity index (χ1n) is 4.69. The van der Waals surface area contributed by atoms with Gasteiger partial charge in [-0.3, -0.25) is 0 Å². The molecule has 0 saturated heterocycles. The summed E-state index contributed by atoms with van der Waals surface area (Å²) in [4.78, 5) is 0. The summed E-state index contributed by atoms with van der Waals surface area (Å²) in [5, 5.41) is 0. The fourth-order valence-electron chi connectivity index (χ4n) is 1.45. The third kappa shape index (κ3) is 2.47. The van der Waals surface area contributed by atoms with E-state index in [0.717, 1.165) is 0 Å². The molecular formula is C12H11ClF2N2. The number of benzene rings is 2. The zero-order chi connectivity index (χ0) is 11.7. The smallest absolute Gasteiger partial charge is 0.182 e. The van der Waals surface area contributed by atoms with Crippen LogP contribution in [0.4, 0.5) is 20.2 Å². The minimum Gasteiger partial charge on any atom is -0.399 e. The van der Waals surface area contributed by atoms with Crippen molar-refractivity contribution in [3.8, 4) is 11.1 Å². The Hall–Kier alpha value is -1.81. The van der Waals surface area contributed by atoms with Gasteiger partial charge in [0, 0.05) is 11.3 Å². The first-order valence-corrected chi connectivity index (χ1v) is 4.69. The van der Waals surface area contributed by atoms with Crippen molar-refractivity contribution in [2.24, 2.45) is 0 Å². The van der Waals surface area contributed by atoms with Gasteiger partial charge in [0.25, 0.3) is 0 Å². The second-order valence-electron chi connectivity index (χ2n) is 3.45. The molecule has 0 aliphatic rings. The number of nitrogen functional groups attached to an aromatic ring is 2. The third-order valence-electron chi connectivity index (χ3n) is 2.33. The summed E-state index contributed by atoms with van der Waals surface area (Å²) in [5.74, 6) is -1.96. The maximum Gasteiger partial charge on any atom is 0.182 e. The number of hydrogen-bond donors (Lipinski definition) is 2. The van der Waals surface area contributed by atoms with E-state index >= 15 is 0 Å². The van der Waals surface area contributed by atoms with Gasteiger partial charge in [-0.05, 0) is 29.8 Å². The zero-order valence-electron chi connectivity index (χ0n) is 8.78. The van der Waals surface area contributed by atoms with Crippen molar-refractivity contribution >= 4 is 23.8 Å². The Morgan fingerprint density at radius 1 is 0.765 bits per heavy atom. The van der Waals surface area contributed by atoms with Crippen molar-refractivity contribution in [1.29, 1.82) is 0 Å². The Kier molecular flexibility index (Phi) is 3.91. The molecule has 2 nitrogen and oxygen atoms in total. The largest absolute Gasteiger partial charge is 0.399 e. The molecular weight excluding hydrogens is 246 g/mol. The van der Waals surface area contributed by atoms with Gasteiger partial charge < -0.3 is 11.5 Å². The molecule has 0 heterocycles. The van der Waals surface area contributed by atoms with Crippen molar-refractivity contribution in [2.75, 3.05) is 11.5 Å². The predicted octanol–water partition coefficient (Wildman–Crippen LogP) is 3.22. The molecule has 2 aromatic carbocycles. The topological polar surface area (TPSA) is 52.0 Å². The Morgan fingerprint density at radius 2 is 1.35 bits per heavy atom. The lowest BCUT2D eigenvalue weighted by atomic mass is 10.0. The number of halogens is 3. The Labute approximate surface area is 104 Å². The van der Waals surface area contributed by atoms with E-state index in [4.69, 9.17) is 11.5 Å². The second-order valence-corrected chi connectivity index (χ2v) is 3.45. The molecule has 2 rings (SSSR count). The normalized spacial score (nSPS) is 9.76.